The maximum absolute atomic E-state index is 13.8. The monoisotopic (exact) mass is 463 g/mol. The van der Waals surface area contributed by atoms with Gasteiger partial charge in [0, 0.05) is 23.6 Å². The molecule has 178 valence electrons. The number of hydrogen-bond donors (Lipinski definition) is 3. The number of aryl methyl sites for hydroxylation is 1. The van der Waals surface area contributed by atoms with Gasteiger partial charge in [0.2, 0.25) is 0 Å². The van der Waals surface area contributed by atoms with Crippen LogP contribution in [-0.4, -0.2) is 28.5 Å². The van der Waals surface area contributed by atoms with Crippen LogP contribution < -0.4 is 10.6 Å². The van der Waals surface area contributed by atoms with Gasteiger partial charge in [0.05, 0.1) is 18.0 Å². The third kappa shape index (κ3) is 5.35. The number of benzene rings is 2. The highest BCUT2D eigenvalue weighted by atomic mass is 19.1. The summed E-state index contributed by atoms with van der Waals surface area (Å²) in [4.78, 5) is 27.7. The minimum absolute atomic E-state index is 0.00523. The number of rotatable bonds is 8. The van der Waals surface area contributed by atoms with Crippen molar-refractivity contribution in [3.05, 3.63) is 71.0 Å². The average Bonchev–Trinajstić information content (AvgIpc) is 2.76. The number of aliphatic carboxylic acids is 1. The van der Waals surface area contributed by atoms with E-state index in [0.717, 1.165) is 35.2 Å². The van der Waals surface area contributed by atoms with Crippen LogP contribution in [0.25, 0.3) is 10.9 Å². The highest BCUT2D eigenvalue weighted by Gasteiger charge is 2.41. The number of aromatic nitrogens is 1. The second kappa shape index (κ2) is 9.41. The van der Waals surface area contributed by atoms with Crippen LogP contribution in [0.5, 0.6) is 0 Å². The molecule has 2 aromatic carbocycles. The van der Waals surface area contributed by atoms with Gasteiger partial charge in [-0.2, -0.15) is 0 Å². The fraction of sp³-hybridized carbons (Fsp3) is 0.370. The third-order valence-corrected chi connectivity index (χ3v) is 6.52. The second-order valence-corrected chi connectivity index (χ2v) is 9.97. The molecule has 3 N–H and O–H groups in total. The molecule has 3 aromatic rings. The number of carbonyl (C=O) groups excluding carboxylic acids is 1. The molecule has 1 aliphatic rings. The topological polar surface area (TPSA) is 91.3 Å². The van der Waals surface area contributed by atoms with Crippen LogP contribution in [0, 0.1) is 24.1 Å². The van der Waals surface area contributed by atoms with Crippen LogP contribution in [0.15, 0.2) is 48.5 Å². The van der Waals surface area contributed by atoms with Crippen LogP contribution in [0.3, 0.4) is 0 Å². The molecule has 1 atom stereocenters. The molecule has 1 aromatic heterocycles. The molecule has 0 bridgehead atoms. The van der Waals surface area contributed by atoms with Gasteiger partial charge in [0.1, 0.15) is 11.6 Å². The summed E-state index contributed by atoms with van der Waals surface area (Å²) >= 11 is 0. The summed E-state index contributed by atoms with van der Waals surface area (Å²) in [5, 5.41) is 15.9. The quantitative estimate of drug-likeness (QED) is 0.412. The van der Waals surface area contributed by atoms with E-state index in [1.165, 1.54) is 12.1 Å². The largest absolute Gasteiger partial charge is 0.481 e. The maximum atomic E-state index is 13.8. The Morgan fingerprint density at radius 2 is 1.85 bits per heavy atom. The summed E-state index contributed by atoms with van der Waals surface area (Å²) in [7, 11) is 0. The van der Waals surface area contributed by atoms with E-state index >= 15 is 0 Å². The number of fused-ring (bicyclic) bond motifs is 1. The standard InChI is InChI=1S/C27H30FN3O3/c1-16-12-19-8-9-21(28)13-22(19)30-25(16)31-24(20-14-27(2,3)15-20)17-4-6-18(7-5-17)26(34)29-11-10-23(32)33/h4-9,12-13,20,24H,10-11,14-15H2,1-3H3,(H,29,34)(H,30,31)(H,32,33)/t24-/m1/s1. The fourth-order valence-corrected chi connectivity index (χ4v) is 4.84. The molecule has 1 amide bonds. The number of carbonyl (C=O) groups is 2. The molecule has 0 radical (unpaired) electrons. The van der Waals surface area contributed by atoms with Gasteiger partial charge in [-0.05, 0) is 72.6 Å². The lowest BCUT2D eigenvalue weighted by Crippen LogP contribution is -2.38. The molecular weight excluding hydrogens is 433 g/mol. The first-order chi connectivity index (χ1) is 16.1. The van der Waals surface area contributed by atoms with Crippen LogP contribution >= 0.6 is 0 Å². The molecule has 1 saturated carbocycles. The third-order valence-electron chi connectivity index (χ3n) is 6.52. The zero-order valence-electron chi connectivity index (χ0n) is 19.7. The predicted octanol–water partition coefficient (Wildman–Crippen LogP) is 5.48. The minimum Gasteiger partial charge on any atom is -0.481 e. The Labute approximate surface area is 198 Å². The van der Waals surface area contributed by atoms with Crippen molar-refractivity contribution in [2.24, 2.45) is 11.3 Å². The number of nitrogens with one attached hydrogen (secondary N) is 2. The van der Waals surface area contributed by atoms with E-state index < -0.39 is 5.97 Å². The van der Waals surface area contributed by atoms with E-state index in [4.69, 9.17) is 10.1 Å². The summed E-state index contributed by atoms with van der Waals surface area (Å²) in [6.45, 7) is 6.59. The Morgan fingerprint density at radius 1 is 1.15 bits per heavy atom. The Hall–Kier alpha value is -3.48. The van der Waals surface area contributed by atoms with Gasteiger partial charge in [-0.15, -0.1) is 0 Å². The first kappa shape index (κ1) is 23.7. The van der Waals surface area contributed by atoms with Crippen molar-refractivity contribution in [1.29, 1.82) is 0 Å². The van der Waals surface area contributed by atoms with E-state index in [2.05, 4.69) is 24.5 Å². The van der Waals surface area contributed by atoms with E-state index in [-0.39, 0.29) is 36.1 Å². The second-order valence-electron chi connectivity index (χ2n) is 9.97. The molecule has 6 nitrogen and oxygen atoms in total. The number of anilines is 1. The number of carboxylic acids is 1. The highest BCUT2D eigenvalue weighted by molar-refractivity contribution is 5.94. The SMILES string of the molecule is Cc1cc2ccc(F)cc2nc1N[C@H](c1ccc(C(=O)NCCC(=O)O)cc1)C1CC(C)(C)C1. The zero-order valence-corrected chi connectivity index (χ0v) is 19.7. The summed E-state index contributed by atoms with van der Waals surface area (Å²) in [6, 6.07) is 14.0. The van der Waals surface area contributed by atoms with Crippen molar-refractivity contribution in [3.8, 4) is 0 Å². The molecular formula is C27H30FN3O3. The van der Waals surface area contributed by atoms with Gasteiger partial charge in [0.15, 0.2) is 0 Å². The molecule has 0 unspecified atom stereocenters. The van der Waals surface area contributed by atoms with Gasteiger partial charge in [-0.25, -0.2) is 9.37 Å². The van der Waals surface area contributed by atoms with Crippen molar-refractivity contribution < 1.29 is 19.1 Å². The van der Waals surface area contributed by atoms with Crippen LogP contribution in [0.4, 0.5) is 10.2 Å². The zero-order chi connectivity index (χ0) is 24.5. The van der Waals surface area contributed by atoms with Crippen molar-refractivity contribution in [3.63, 3.8) is 0 Å². The fourth-order valence-electron chi connectivity index (χ4n) is 4.84. The number of halogens is 1. The lowest BCUT2D eigenvalue weighted by atomic mass is 9.61. The van der Waals surface area contributed by atoms with Gasteiger partial charge in [0.25, 0.3) is 5.91 Å². The first-order valence-electron chi connectivity index (χ1n) is 11.5. The summed E-state index contributed by atoms with van der Waals surface area (Å²) in [5.74, 6) is -0.438. The molecule has 1 aliphatic carbocycles. The van der Waals surface area contributed by atoms with Crippen molar-refractivity contribution in [2.45, 2.75) is 46.1 Å². The number of carboxylic acid groups (broad SMARTS) is 1. The highest BCUT2D eigenvalue weighted by Crippen LogP contribution is 2.51. The molecule has 4 rings (SSSR count). The summed E-state index contributed by atoms with van der Waals surface area (Å²) < 4.78 is 13.8. The lowest BCUT2D eigenvalue weighted by Gasteiger charge is -2.47. The molecule has 0 spiro atoms. The normalized spacial score (nSPS) is 16.0. The minimum atomic E-state index is -0.951. The summed E-state index contributed by atoms with van der Waals surface area (Å²) in [6.07, 6.45) is 2.00. The molecule has 0 saturated heterocycles. The van der Waals surface area contributed by atoms with Crippen molar-refractivity contribution in [2.75, 3.05) is 11.9 Å². The van der Waals surface area contributed by atoms with Crippen molar-refractivity contribution >= 4 is 28.6 Å². The van der Waals surface area contributed by atoms with Crippen LogP contribution in [-0.2, 0) is 4.79 Å². The number of amides is 1. The Morgan fingerprint density at radius 3 is 2.50 bits per heavy atom. The van der Waals surface area contributed by atoms with Crippen LogP contribution in [0.2, 0.25) is 0 Å². The van der Waals surface area contributed by atoms with Crippen LogP contribution in [0.1, 0.15) is 60.6 Å². The van der Waals surface area contributed by atoms with E-state index in [0.29, 0.717) is 17.0 Å². The average molecular weight is 464 g/mol. The molecule has 1 fully saturated rings. The number of nitrogens with zero attached hydrogens (tertiary/aromatic N) is 1. The van der Waals surface area contributed by atoms with Gasteiger partial charge < -0.3 is 15.7 Å². The Bertz CT molecular complexity index is 1220. The van der Waals surface area contributed by atoms with Crippen molar-refractivity contribution in [1.82, 2.24) is 10.3 Å². The predicted molar refractivity (Wildman–Crippen MR) is 130 cm³/mol. The molecule has 1 heterocycles. The van der Waals surface area contributed by atoms with E-state index in [1.54, 1.807) is 18.2 Å². The molecule has 0 aliphatic heterocycles. The Kier molecular flexibility index (Phi) is 6.55. The van der Waals surface area contributed by atoms with Gasteiger partial charge in [-0.1, -0.05) is 26.0 Å². The Balaban J connectivity index is 1.57. The maximum Gasteiger partial charge on any atom is 0.305 e. The van der Waals surface area contributed by atoms with E-state index in [9.17, 15) is 14.0 Å². The number of hydrogen-bond acceptors (Lipinski definition) is 4. The van der Waals surface area contributed by atoms with Gasteiger partial charge >= 0.3 is 5.97 Å². The van der Waals surface area contributed by atoms with E-state index in [1.807, 2.05) is 25.1 Å². The molecule has 7 heteroatoms. The lowest BCUT2D eigenvalue weighted by molar-refractivity contribution is -0.136. The summed E-state index contributed by atoms with van der Waals surface area (Å²) in [5.41, 5.74) is 3.40. The van der Waals surface area contributed by atoms with Gasteiger partial charge in [-0.3, -0.25) is 9.59 Å². The first-order valence-corrected chi connectivity index (χ1v) is 11.5. The number of pyridine rings is 1. The smallest absolute Gasteiger partial charge is 0.305 e. The molecule has 34 heavy (non-hydrogen) atoms.